The number of tetrazole rings is 1. The lowest BCUT2D eigenvalue weighted by Gasteiger charge is -1.93. The Bertz CT molecular complexity index is 311. The van der Waals surface area contributed by atoms with Gasteiger partial charge in [-0.2, -0.15) is 10.5 Å². The maximum absolute atomic E-state index is 8.44. The fourth-order valence-corrected chi connectivity index (χ4v) is 0.625. The molecule has 0 unspecified atom stereocenters. The predicted octanol–water partition coefficient (Wildman–Crippen LogP) is -0.659. The highest BCUT2D eigenvalue weighted by Crippen LogP contribution is 2.06. The Morgan fingerprint density at radius 2 is 2.09 bits per heavy atom. The van der Waals surface area contributed by atoms with E-state index in [0.717, 1.165) is 0 Å². The summed E-state index contributed by atoms with van der Waals surface area (Å²) in [6.07, 6.45) is 0. The summed E-state index contributed by atoms with van der Waals surface area (Å²) in [5, 5.41) is 27.2. The van der Waals surface area contributed by atoms with Crippen LogP contribution in [0.1, 0.15) is 11.7 Å². The van der Waals surface area contributed by atoms with E-state index in [-0.39, 0.29) is 5.82 Å². The van der Waals surface area contributed by atoms with E-state index >= 15 is 0 Å². The molecule has 6 heteroatoms. The lowest BCUT2D eigenvalue weighted by molar-refractivity contribution is 0.680. The maximum atomic E-state index is 8.44. The van der Waals surface area contributed by atoms with Crippen molar-refractivity contribution in [2.75, 3.05) is 0 Å². The van der Waals surface area contributed by atoms with Gasteiger partial charge in [0.05, 0.1) is 12.1 Å². The second-order valence-electron chi connectivity index (χ2n) is 1.85. The number of rotatable bonds is 1. The first kappa shape index (κ1) is 7.16. The third-order valence-electron chi connectivity index (χ3n) is 1.17. The van der Waals surface area contributed by atoms with Gasteiger partial charge in [-0.05, 0) is 10.4 Å². The summed E-state index contributed by atoms with van der Waals surface area (Å²) in [7, 11) is 1.58. The lowest BCUT2D eigenvalue weighted by atomic mass is 10.2. The minimum Gasteiger partial charge on any atom is -0.231 e. The second kappa shape index (κ2) is 2.76. The molecule has 0 atom stereocenters. The van der Waals surface area contributed by atoms with Crippen LogP contribution in [0.5, 0.6) is 0 Å². The van der Waals surface area contributed by atoms with Crippen LogP contribution in [0.15, 0.2) is 0 Å². The highest BCUT2D eigenvalue weighted by molar-refractivity contribution is 5.17. The minimum absolute atomic E-state index is 0.273. The molecule has 0 aromatic carbocycles. The van der Waals surface area contributed by atoms with Crippen LogP contribution in [0.3, 0.4) is 0 Å². The molecule has 0 N–H and O–H groups in total. The van der Waals surface area contributed by atoms with Gasteiger partial charge in [-0.1, -0.05) is 0 Å². The molecule has 0 amide bonds. The van der Waals surface area contributed by atoms with Crippen molar-refractivity contribution in [3.8, 4) is 12.1 Å². The van der Waals surface area contributed by atoms with Crippen LogP contribution in [0.4, 0.5) is 0 Å². The molecule has 1 rings (SSSR count). The van der Waals surface area contributed by atoms with E-state index in [4.69, 9.17) is 10.5 Å². The lowest BCUT2D eigenvalue weighted by Crippen LogP contribution is -2.03. The van der Waals surface area contributed by atoms with Crippen molar-refractivity contribution in [1.29, 1.82) is 10.5 Å². The topological polar surface area (TPSA) is 91.2 Å². The van der Waals surface area contributed by atoms with E-state index < -0.39 is 5.92 Å². The van der Waals surface area contributed by atoms with Gasteiger partial charge in [-0.15, -0.1) is 5.10 Å². The average molecular weight is 148 g/mol. The molecule has 0 aliphatic carbocycles. The maximum Gasteiger partial charge on any atom is 0.194 e. The number of hydrogen-bond donors (Lipinski definition) is 0. The number of aryl methyl sites for hydroxylation is 1. The second-order valence-corrected chi connectivity index (χ2v) is 1.85. The standard InChI is InChI=1S/C5H4N6/c1-11-5(8-9-10-11)4(2-6)3-7/h4H,1H3. The minimum atomic E-state index is -0.880. The molecule has 0 spiro atoms. The third-order valence-corrected chi connectivity index (χ3v) is 1.17. The van der Waals surface area contributed by atoms with Crippen molar-refractivity contribution in [2.24, 2.45) is 7.05 Å². The monoisotopic (exact) mass is 148 g/mol. The van der Waals surface area contributed by atoms with Gasteiger partial charge < -0.3 is 0 Å². The number of nitrogens with zero attached hydrogens (tertiary/aromatic N) is 6. The van der Waals surface area contributed by atoms with Crippen LogP contribution in [-0.2, 0) is 7.05 Å². The number of hydrogen-bond acceptors (Lipinski definition) is 5. The number of aromatic nitrogens is 4. The Morgan fingerprint density at radius 3 is 2.45 bits per heavy atom. The molecule has 1 aromatic rings. The Morgan fingerprint density at radius 1 is 1.45 bits per heavy atom. The molecule has 0 saturated heterocycles. The van der Waals surface area contributed by atoms with E-state index in [1.807, 2.05) is 0 Å². The summed E-state index contributed by atoms with van der Waals surface area (Å²) in [6, 6.07) is 3.54. The molecule has 0 radical (unpaired) electrons. The van der Waals surface area contributed by atoms with Crippen molar-refractivity contribution >= 4 is 0 Å². The Labute approximate surface area is 62.7 Å². The molecule has 0 fully saturated rings. The van der Waals surface area contributed by atoms with Crippen molar-refractivity contribution < 1.29 is 0 Å². The average Bonchev–Trinajstić information content (AvgIpc) is 2.40. The third kappa shape index (κ3) is 1.14. The summed E-state index contributed by atoms with van der Waals surface area (Å²) in [6.45, 7) is 0. The van der Waals surface area contributed by atoms with Gasteiger partial charge in [0.25, 0.3) is 0 Å². The molecule has 11 heavy (non-hydrogen) atoms. The Hall–Kier alpha value is -1.95. The largest absolute Gasteiger partial charge is 0.231 e. The molecule has 1 aromatic heterocycles. The molecule has 0 aliphatic heterocycles. The Balaban J connectivity index is 3.04. The smallest absolute Gasteiger partial charge is 0.194 e. The van der Waals surface area contributed by atoms with E-state index in [9.17, 15) is 0 Å². The molecular weight excluding hydrogens is 144 g/mol. The molecule has 0 saturated carbocycles. The van der Waals surface area contributed by atoms with Crippen molar-refractivity contribution in [2.45, 2.75) is 5.92 Å². The zero-order valence-electron chi connectivity index (χ0n) is 5.76. The quantitative estimate of drug-likeness (QED) is 0.527. The van der Waals surface area contributed by atoms with Crippen LogP contribution < -0.4 is 0 Å². The van der Waals surface area contributed by atoms with Gasteiger partial charge in [0.1, 0.15) is 0 Å². The zero-order chi connectivity index (χ0) is 8.27. The van der Waals surface area contributed by atoms with Gasteiger partial charge in [-0.25, -0.2) is 4.68 Å². The fourth-order valence-electron chi connectivity index (χ4n) is 0.625. The first-order valence-electron chi connectivity index (χ1n) is 2.81. The van der Waals surface area contributed by atoms with Gasteiger partial charge in [0.15, 0.2) is 11.7 Å². The van der Waals surface area contributed by atoms with E-state index in [1.165, 1.54) is 4.68 Å². The Kier molecular flexibility index (Phi) is 1.79. The summed E-state index contributed by atoms with van der Waals surface area (Å²) < 4.78 is 1.30. The van der Waals surface area contributed by atoms with E-state index in [2.05, 4.69) is 15.5 Å². The highest BCUT2D eigenvalue weighted by atomic mass is 15.5. The summed E-state index contributed by atoms with van der Waals surface area (Å²) >= 11 is 0. The first-order valence-corrected chi connectivity index (χ1v) is 2.81. The van der Waals surface area contributed by atoms with Crippen molar-refractivity contribution in [3.05, 3.63) is 5.82 Å². The van der Waals surface area contributed by atoms with Gasteiger partial charge in [-0.3, -0.25) is 0 Å². The fraction of sp³-hybridized carbons (Fsp3) is 0.400. The predicted molar refractivity (Wildman–Crippen MR) is 32.8 cm³/mol. The molecule has 6 nitrogen and oxygen atoms in total. The summed E-state index contributed by atoms with van der Waals surface area (Å²) in [5.41, 5.74) is 0. The van der Waals surface area contributed by atoms with Crippen LogP contribution >= 0.6 is 0 Å². The van der Waals surface area contributed by atoms with Crippen LogP contribution in [0.25, 0.3) is 0 Å². The van der Waals surface area contributed by atoms with Crippen LogP contribution in [0.2, 0.25) is 0 Å². The SMILES string of the molecule is Cn1nnnc1C(C#N)C#N. The number of nitriles is 2. The van der Waals surface area contributed by atoms with Gasteiger partial charge in [0.2, 0.25) is 0 Å². The van der Waals surface area contributed by atoms with E-state index in [0.29, 0.717) is 0 Å². The molecule has 54 valence electrons. The summed E-state index contributed by atoms with van der Waals surface area (Å²) in [5.74, 6) is -0.606. The van der Waals surface area contributed by atoms with Crippen molar-refractivity contribution in [1.82, 2.24) is 20.2 Å². The molecule has 0 aliphatic rings. The zero-order valence-corrected chi connectivity index (χ0v) is 5.76. The van der Waals surface area contributed by atoms with Crippen molar-refractivity contribution in [3.63, 3.8) is 0 Å². The van der Waals surface area contributed by atoms with E-state index in [1.54, 1.807) is 19.2 Å². The van der Waals surface area contributed by atoms with Gasteiger partial charge >= 0.3 is 0 Å². The van der Waals surface area contributed by atoms with Gasteiger partial charge in [0, 0.05) is 7.05 Å². The highest BCUT2D eigenvalue weighted by Gasteiger charge is 2.15. The molecule has 1 heterocycles. The summed E-state index contributed by atoms with van der Waals surface area (Å²) in [4.78, 5) is 0. The van der Waals surface area contributed by atoms with Crippen LogP contribution in [0, 0.1) is 22.7 Å². The van der Waals surface area contributed by atoms with Crippen LogP contribution in [-0.4, -0.2) is 20.2 Å². The molecule has 0 bridgehead atoms. The normalized spacial score (nSPS) is 9.09. The molecular formula is C5H4N6. The first-order chi connectivity index (χ1) is 5.29.